The lowest BCUT2D eigenvalue weighted by atomic mass is 9.97. The van der Waals surface area contributed by atoms with Gasteiger partial charge in [-0.25, -0.2) is 9.78 Å². The van der Waals surface area contributed by atoms with Crippen LogP contribution in [0.25, 0.3) is 11.1 Å². The number of amides is 1. The van der Waals surface area contributed by atoms with E-state index in [1.807, 2.05) is 36.4 Å². The van der Waals surface area contributed by atoms with Crippen LogP contribution in [0.1, 0.15) is 70.7 Å². The van der Waals surface area contributed by atoms with Crippen LogP contribution in [0, 0.1) is 0 Å². The van der Waals surface area contributed by atoms with Crippen molar-refractivity contribution in [1.82, 2.24) is 9.55 Å². The molecule has 0 radical (unpaired) electrons. The Kier molecular flexibility index (Phi) is 6.87. The van der Waals surface area contributed by atoms with E-state index >= 15 is 0 Å². The van der Waals surface area contributed by atoms with E-state index in [1.165, 1.54) is 0 Å². The lowest BCUT2D eigenvalue weighted by Gasteiger charge is -2.14. The van der Waals surface area contributed by atoms with Gasteiger partial charge in [-0.3, -0.25) is 4.79 Å². The number of carbonyl (C=O) groups excluding carboxylic acids is 1. The second-order valence-corrected chi connectivity index (χ2v) is 7.54. The first-order chi connectivity index (χ1) is 14.8. The standard InChI is InChI=1S/C24H27N3O4/c1-3-4-10-20-26-21(15(2)28)22(23(25)29)27(20)14-16-11-12-18(19(13-16)24(30)31)17-8-6-5-7-9-17/h5-9,11-13,15,28H,3-4,10,14H2,1-2H3,(H2,25,29)(H,30,31). The van der Waals surface area contributed by atoms with Gasteiger partial charge in [-0.2, -0.15) is 0 Å². The first-order valence-corrected chi connectivity index (χ1v) is 10.3. The fourth-order valence-corrected chi connectivity index (χ4v) is 3.68. The lowest BCUT2D eigenvalue weighted by molar-refractivity contribution is 0.0697. The topological polar surface area (TPSA) is 118 Å². The molecule has 4 N–H and O–H groups in total. The minimum Gasteiger partial charge on any atom is -0.478 e. The van der Waals surface area contributed by atoms with E-state index in [9.17, 15) is 19.8 Å². The normalized spacial score (nSPS) is 12.0. The molecule has 7 nitrogen and oxygen atoms in total. The van der Waals surface area contributed by atoms with Crippen LogP contribution >= 0.6 is 0 Å². The van der Waals surface area contributed by atoms with E-state index < -0.39 is 18.0 Å². The second kappa shape index (κ2) is 9.57. The monoisotopic (exact) mass is 421 g/mol. The number of nitrogens with two attached hydrogens (primary N) is 1. The van der Waals surface area contributed by atoms with Crippen LogP contribution in [0.3, 0.4) is 0 Å². The van der Waals surface area contributed by atoms with E-state index in [4.69, 9.17) is 5.73 Å². The molecule has 0 bridgehead atoms. The molecule has 3 rings (SSSR count). The third-order valence-electron chi connectivity index (χ3n) is 5.20. The SMILES string of the molecule is CCCCc1nc(C(C)O)c(C(N)=O)n1Cc1ccc(-c2ccccc2)c(C(=O)O)c1. The molecule has 0 saturated carbocycles. The predicted molar refractivity (Wildman–Crippen MR) is 118 cm³/mol. The van der Waals surface area contributed by atoms with Gasteiger partial charge in [0.05, 0.1) is 11.7 Å². The highest BCUT2D eigenvalue weighted by atomic mass is 16.4. The number of aliphatic hydroxyl groups excluding tert-OH is 1. The number of benzene rings is 2. The van der Waals surface area contributed by atoms with Gasteiger partial charge in [0.2, 0.25) is 0 Å². The minimum absolute atomic E-state index is 0.158. The average molecular weight is 421 g/mol. The molecule has 1 amide bonds. The molecule has 1 aromatic heterocycles. The van der Waals surface area contributed by atoms with E-state index in [0.717, 1.165) is 18.4 Å². The van der Waals surface area contributed by atoms with Crippen LogP contribution in [0.4, 0.5) is 0 Å². The smallest absolute Gasteiger partial charge is 0.336 e. The number of nitrogens with zero attached hydrogens (tertiary/aromatic N) is 2. The van der Waals surface area contributed by atoms with E-state index in [0.29, 0.717) is 23.4 Å². The number of aryl methyl sites for hydroxylation is 1. The first kappa shape index (κ1) is 22.2. The Morgan fingerprint density at radius 1 is 1.16 bits per heavy atom. The van der Waals surface area contributed by atoms with Crippen molar-refractivity contribution in [3.05, 3.63) is 76.9 Å². The molecule has 0 spiro atoms. The summed E-state index contributed by atoms with van der Waals surface area (Å²) >= 11 is 0. The molecule has 1 atom stereocenters. The van der Waals surface area contributed by atoms with Gasteiger partial charge in [-0.05, 0) is 36.1 Å². The van der Waals surface area contributed by atoms with Gasteiger partial charge in [0, 0.05) is 13.0 Å². The molecule has 2 aromatic carbocycles. The second-order valence-electron chi connectivity index (χ2n) is 7.54. The number of carbonyl (C=O) groups is 2. The number of imidazole rings is 1. The van der Waals surface area contributed by atoms with Crippen LogP contribution in [0.15, 0.2) is 48.5 Å². The summed E-state index contributed by atoms with van der Waals surface area (Å²) in [6, 6.07) is 14.5. The molecule has 31 heavy (non-hydrogen) atoms. The number of carboxylic acid groups (broad SMARTS) is 1. The summed E-state index contributed by atoms with van der Waals surface area (Å²) in [5, 5.41) is 19.9. The summed E-state index contributed by atoms with van der Waals surface area (Å²) in [5.74, 6) is -1.06. The van der Waals surface area contributed by atoms with Gasteiger partial charge in [0.25, 0.3) is 5.91 Å². The van der Waals surface area contributed by atoms with Crippen molar-refractivity contribution >= 4 is 11.9 Å². The van der Waals surface area contributed by atoms with Crippen molar-refractivity contribution in [2.75, 3.05) is 0 Å². The molecule has 0 aliphatic carbocycles. The number of aliphatic hydroxyl groups is 1. The largest absolute Gasteiger partial charge is 0.478 e. The molecule has 0 aliphatic rings. The Bertz CT molecular complexity index is 1090. The van der Waals surface area contributed by atoms with Crippen molar-refractivity contribution in [2.45, 2.75) is 45.8 Å². The summed E-state index contributed by atoms with van der Waals surface area (Å²) in [6.07, 6.45) is 1.48. The fourth-order valence-electron chi connectivity index (χ4n) is 3.68. The molecule has 0 saturated heterocycles. The van der Waals surface area contributed by atoms with Crippen LogP contribution in [-0.4, -0.2) is 31.6 Å². The van der Waals surface area contributed by atoms with Crippen molar-refractivity contribution in [3.8, 4) is 11.1 Å². The molecule has 1 unspecified atom stereocenters. The van der Waals surface area contributed by atoms with Crippen molar-refractivity contribution in [1.29, 1.82) is 0 Å². The number of aromatic nitrogens is 2. The molecular formula is C24H27N3O4. The Balaban J connectivity index is 2.08. The predicted octanol–water partition coefficient (Wildman–Crippen LogP) is 3.79. The fraction of sp³-hybridized carbons (Fsp3) is 0.292. The highest BCUT2D eigenvalue weighted by Crippen LogP contribution is 2.27. The number of hydrogen-bond acceptors (Lipinski definition) is 4. The van der Waals surface area contributed by atoms with E-state index in [2.05, 4.69) is 11.9 Å². The van der Waals surface area contributed by atoms with Crippen LogP contribution < -0.4 is 5.73 Å². The molecule has 3 aromatic rings. The highest BCUT2D eigenvalue weighted by Gasteiger charge is 2.24. The van der Waals surface area contributed by atoms with Gasteiger partial charge >= 0.3 is 5.97 Å². The van der Waals surface area contributed by atoms with Gasteiger partial charge < -0.3 is 20.5 Å². The van der Waals surface area contributed by atoms with Gasteiger partial charge in [-0.15, -0.1) is 0 Å². The molecule has 162 valence electrons. The van der Waals surface area contributed by atoms with Gasteiger partial charge in [0.1, 0.15) is 17.2 Å². The summed E-state index contributed by atoms with van der Waals surface area (Å²) in [6.45, 7) is 3.82. The summed E-state index contributed by atoms with van der Waals surface area (Å²) in [7, 11) is 0. The van der Waals surface area contributed by atoms with Crippen LogP contribution in [0.2, 0.25) is 0 Å². The lowest BCUT2D eigenvalue weighted by Crippen LogP contribution is -2.21. The van der Waals surface area contributed by atoms with Crippen LogP contribution in [-0.2, 0) is 13.0 Å². The van der Waals surface area contributed by atoms with Gasteiger partial charge in [-0.1, -0.05) is 55.8 Å². The van der Waals surface area contributed by atoms with Crippen molar-refractivity contribution in [3.63, 3.8) is 0 Å². The number of hydrogen-bond donors (Lipinski definition) is 3. The Morgan fingerprint density at radius 3 is 2.45 bits per heavy atom. The summed E-state index contributed by atoms with van der Waals surface area (Å²) < 4.78 is 1.70. The highest BCUT2D eigenvalue weighted by molar-refractivity contribution is 5.96. The minimum atomic E-state index is -1.03. The molecular weight excluding hydrogens is 394 g/mol. The van der Waals surface area contributed by atoms with Gasteiger partial charge in [0.15, 0.2) is 0 Å². The maximum absolute atomic E-state index is 12.2. The zero-order valence-corrected chi connectivity index (χ0v) is 17.7. The third kappa shape index (κ3) is 4.83. The number of aromatic carboxylic acids is 1. The zero-order valence-electron chi connectivity index (χ0n) is 17.7. The number of carboxylic acids is 1. The maximum atomic E-state index is 12.2. The van der Waals surface area contributed by atoms with Crippen molar-refractivity contribution < 1.29 is 19.8 Å². The Labute approximate surface area is 181 Å². The molecule has 0 fully saturated rings. The maximum Gasteiger partial charge on any atom is 0.336 e. The summed E-state index contributed by atoms with van der Waals surface area (Å²) in [4.78, 5) is 28.6. The molecule has 7 heteroatoms. The van der Waals surface area contributed by atoms with Crippen molar-refractivity contribution in [2.24, 2.45) is 5.73 Å². The number of unbranched alkanes of at least 4 members (excludes halogenated alkanes) is 1. The molecule has 0 aliphatic heterocycles. The van der Waals surface area contributed by atoms with E-state index in [1.54, 1.807) is 23.6 Å². The molecule has 1 heterocycles. The van der Waals surface area contributed by atoms with Crippen LogP contribution in [0.5, 0.6) is 0 Å². The first-order valence-electron chi connectivity index (χ1n) is 10.3. The number of rotatable bonds is 9. The summed E-state index contributed by atoms with van der Waals surface area (Å²) in [5.41, 5.74) is 8.34. The van der Waals surface area contributed by atoms with E-state index in [-0.39, 0.29) is 23.5 Å². The quantitative estimate of drug-likeness (QED) is 0.486. The number of primary amides is 1. The Hall–Kier alpha value is -3.45. The Morgan fingerprint density at radius 2 is 1.87 bits per heavy atom. The zero-order chi connectivity index (χ0) is 22.5. The average Bonchev–Trinajstić information content (AvgIpc) is 3.11. The third-order valence-corrected chi connectivity index (χ3v) is 5.20.